The van der Waals surface area contributed by atoms with Gasteiger partial charge in [0, 0.05) is 18.7 Å². The van der Waals surface area contributed by atoms with Gasteiger partial charge in [0.05, 0.1) is 13.7 Å². The first-order valence-electron chi connectivity index (χ1n) is 4.01. The fourth-order valence-corrected chi connectivity index (χ4v) is 1.21. The van der Waals surface area contributed by atoms with Crippen molar-refractivity contribution in [1.82, 2.24) is 0 Å². The van der Waals surface area contributed by atoms with Crippen molar-refractivity contribution in [2.45, 2.75) is 13.5 Å². The van der Waals surface area contributed by atoms with Gasteiger partial charge >= 0.3 is 0 Å². The Balaban J connectivity index is 3.05. The topological polar surface area (TPSA) is 18.5 Å². The third-order valence-corrected chi connectivity index (χ3v) is 1.86. The molecule has 72 valence electrons. The number of benzene rings is 1. The Morgan fingerprint density at radius 2 is 2.00 bits per heavy atom. The number of halogens is 1. The summed E-state index contributed by atoms with van der Waals surface area (Å²) in [6, 6.07) is 3.11. The van der Waals surface area contributed by atoms with E-state index in [1.54, 1.807) is 13.2 Å². The highest BCUT2D eigenvalue weighted by atomic mass is 19.1. The van der Waals surface area contributed by atoms with Crippen molar-refractivity contribution in [1.29, 1.82) is 0 Å². The van der Waals surface area contributed by atoms with Gasteiger partial charge in [-0.25, -0.2) is 4.39 Å². The molecule has 0 saturated heterocycles. The number of rotatable bonds is 3. The van der Waals surface area contributed by atoms with Crippen LogP contribution in [-0.2, 0) is 11.3 Å². The normalized spacial score (nSPS) is 10.2. The van der Waals surface area contributed by atoms with Crippen LogP contribution < -0.4 is 4.74 Å². The molecule has 0 amide bonds. The van der Waals surface area contributed by atoms with Gasteiger partial charge in [0.25, 0.3) is 0 Å². The number of ether oxygens (including phenoxy) is 2. The molecule has 0 aliphatic heterocycles. The molecule has 2 nitrogen and oxygen atoms in total. The SMILES string of the molecule is COCc1cc(C)c(OC)cc1F. The van der Waals surface area contributed by atoms with E-state index in [-0.39, 0.29) is 12.4 Å². The molecule has 1 aromatic rings. The van der Waals surface area contributed by atoms with Gasteiger partial charge in [-0.3, -0.25) is 0 Å². The Morgan fingerprint density at radius 3 is 2.54 bits per heavy atom. The summed E-state index contributed by atoms with van der Waals surface area (Å²) in [6.07, 6.45) is 0. The highest BCUT2D eigenvalue weighted by molar-refractivity contribution is 5.37. The van der Waals surface area contributed by atoms with E-state index in [0.29, 0.717) is 11.3 Å². The van der Waals surface area contributed by atoms with Gasteiger partial charge in [0.15, 0.2) is 0 Å². The maximum absolute atomic E-state index is 13.2. The second kappa shape index (κ2) is 4.23. The molecule has 0 N–H and O–H groups in total. The summed E-state index contributed by atoms with van der Waals surface area (Å²) in [6.45, 7) is 2.16. The average Bonchev–Trinajstić information content (AvgIpc) is 2.11. The smallest absolute Gasteiger partial charge is 0.132 e. The molecule has 0 saturated carbocycles. The quantitative estimate of drug-likeness (QED) is 0.717. The zero-order chi connectivity index (χ0) is 9.84. The molecule has 0 aromatic heterocycles. The summed E-state index contributed by atoms with van der Waals surface area (Å²) < 4.78 is 23.1. The van der Waals surface area contributed by atoms with E-state index in [0.717, 1.165) is 5.56 Å². The van der Waals surface area contributed by atoms with E-state index >= 15 is 0 Å². The number of aryl methyl sites for hydroxylation is 1. The zero-order valence-corrected chi connectivity index (χ0v) is 8.06. The second-order valence-corrected chi connectivity index (χ2v) is 2.85. The number of hydrogen-bond acceptors (Lipinski definition) is 2. The van der Waals surface area contributed by atoms with Crippen LogP contribution in [0.2, 0.25) is 0 Å². The predicted octanol–water partition coefficient (Wildman–Crippen LogP) is 2.29. The average molecular weight is 184 g/mol. The summed E-state index contributed by atoms with van der Waals surface area (Å²) in [5, 5.41) is 0. The second-order valence-electron chi connectivity index (χ2n) is 2.85. The first-order chi connectivity index (χ1) is 6.19. The van der Waals surface area contributed by atoms with E-state index in [2.05, 4.69) is 0 Å². The minimum Gasteiger partial charge on any atom is -0.496 e. The molecule has 0 bridgehead atoms. The van der Waals surface area contributed by atoms with Gasteiger partial charge in [0.1, 0.15) is 11.6 Å². The van der Waals surface area contributed by atoms with Crippen LogP contribution >= 0.6 is 0 Å². The Hall–Kier alpha value is -1.09. The molecular formula is C10H13FO2. The highest BCUT2D eigenvalue weighted by Gasteiger charge is 2.06. The lowest BCUT2D eigenvalue weighted by molar-refractivity contribution is 0.181. The standard InChI is InChI=1S/C10H13FO2/c1-7-4-8(6-12-2)9(11)5-10(7)13-3/h4-5H,6H2,1-3H3. The zero-order valence-electron chi connectivity index (χ0n) is 8.06. The van der Waals surface area contributed by atoms with E-state index in [1.165, 1.54) is 13.2 Å². The molecule has 0 radical (unpaired) electrons. The molecule has 0 fully saturated rings. The van der Waals surface area contributed by atoms with Gasteiger partial charge in [0.2, 0.25) is 0 Å². The Labute approximate surface area is 77.3 Å². The van der Waals surface area contributed by atoms with E-state index in [1.807, 2.05) is 6.92 Å². The van der Waals surface area contributed by atoms with Gasteiger partial charge in [-0.2, -0.15) is 0 Å². The van der Waals surface area contributed by atoms with Crippen LogP contribution in [-0.4, -0.2) is 14.2 Å². The minimum absolute atomic E-state index is 0.288. The molecule has 1 rings (SSSR count). The van der Waals surface area contributed by atoms with E-state index in [4.69, 9.17) is 9.47 Å². The van der Waals surface area contributed by atoms with Crippen LogP contribution in [0.3, 0.4) is 0 Å². The summed E-state index contributed by atoms with van der Waals surface area (Å²) in [5.41, 5.74) is 1.47. The molecule has 0 unspecified atom stereocenters. The van der Waals surface area contributed by atoms with Crippen LogP contribution in [0.25, 0.3) is 0 Å². The summed E-state index contributed by atoms with van der Waals surface area (Å²) >= 11 is 0. The predicted molar refractivity (Wildman–Crippen MR) is 48.4 cm³/mol. The maximum Gasteiger partial charge on any atom is 0.132 e. The Kier molecular flexibility index (Phi) is 3.25. The third kappa shape index (κ3) is 2.18. The molecule has 0 spiro atoms. The summed E-state index contributed by atoms with van der Waals surface area (Å²) in [7, 11) is 3.07. The summed E-state index contributed by atoms with van der Waals surface area (Å²) in [5.74, 6) is 0.279. The van der Waals surface area contributed by atoms with Crippen molar-refractivity contribution in [3.63, 3.8) is 0 Å². The van der Waals surface area contributed by atoms with Crippen LogP contribution in [0.15, 0.2) is 12.1 Å². The van der Waals surface area contributed by atoms with Gasteiger partial charge < -0.3 is 9.47 Å². The lowest BCUT2D eigenvalue weighted by Gasteiger charge is -2.08. The summed E-state index contributed by atoms with van der Waals surface area (Å²) in [4.78, 5) is 0. The highest BCUT2D eigenvalue weighted by Crippen LogP contribution is 2.22. The molecule has 0 aliphatic carbocycles. The van der Waals surface area contributed by atoms with Crippen LogP contribution in [0.1, 0.15) is 11.1 Å². The maximum atomic E-state index is 13.2. The third-order valence-electron chi connectivity index (χ3n) is 1.86. The lowest BCUT2D eigenvalue weighted by atomic mass is 10.1. The van der Waals surface area contributed by atoms with Gasteiger partial charge in [-0.1, -0.05) is 0 Å². The van der Waals surface area contributed by atoms with Crippen molar-refractivity contribution >= 4 is 0 Å². The van der Waals surface area contributed by atoms with Crippen molar-refractivity contribution in [3.05, 3.63) is 29.1 Å². The van der Waals surface area contributed by atoms with Crippen molar-refractivity contribution in [2.75, 3.05) is 14.2 Å². The molecule has 3 heteroatoms. The Morgan fingerprint density at radius 1 is 1.31 bits per heavy atom. The van der Waals surface area contributed by atoms with E-state index in [9.17, 15) is 4.39 Å². The Bertz CT molecular complexity index is 297. The van der Waals surface area contributed by atoms with Crippen LogP contribution in [0.4, 0.5) is 4.39 Å². The van der Waals surface area contributed by atoms with Crippen LogP contribution in [0, 0.1) is 12.7 Å². The van der Waals surface area contributed by atoms with E-state index < -0.39 is 0 Å². The number of hydrogen-bond donors (Lipinski definition) is 0. The molecule has 1 aromatic carbocycles. The fourth-order valence-electron chi connectivity index (χ4n) is 1.21. The monoisotopic (exact) mass is 184 g/mol. The first kappa shape index (κ1) is 9.99. The van der Waals surface area contributed by atoms with Crippen molar-refractivity contribution < 1.29 is 13.9 Å². The molecular weight excluding hydrogens is 171 g/mol. The molecule has 13 heavy (non-hydrogen) atoms. The van der Waals surface area contributed by atoms with Crippen LogP contribution in [0.5, 0.6) is 5.75 Å². The van der Waals surface area contributed by atoms with Gasteiger partial charge in [-0.05, 0) is 18.6 Å². The van der Waals surface area contributed by atoms with Crippen molar-refractivity contribution in [3.8, 4) is 5.75 Å². The number of methoxy groups -OCH3 is 2. The molecule has 0 heterocycles. The first-order valence-corrected chi connectivity index (χ1v) is 4.01. The minimum atomic E-state index is -0.288. The molecule has 0 aliphatic rings. The lowest BCUT2D eigenvalue weighted by Crippen LogP contribution is -1.96. The molecule has 0 atom stereocenters. The van der Waals surface area contributed by atoms with Crippen molar-refractivity contribution in [2.24, 2.45) is 0 Å². The fraction of sp³-hybridized carbons (Fsp3) is 0.400. The largest absolute Gasteiger partial charge is 0.496 e. The van der Waals surface area contributed by atoms with Gasteiger partial charge in [-0.15, -0.1) is 0 Å².